The van der Waals surface area contributed by atoms with Gasteiger partial charge < -0.3 is 20.5 Å². The molecule has 0 spiro atoms. The van der Waals surface area contributed by atoms with Gasteiger partial charge in [-0.15, -0.1) is 0 Å². The summed E-state index contributed by atoms with van der Waals surface area (Å²) in [5.41, 5.74) is 5.08. The van der Waals surface area contributed by atoms with Crippen LogP contribution in [0.3, 0.4) is 0 Å². The van der Waals surface area contributed by atoms with Crippen LogP contribution in [0.2, 0.25) is 5.02 Å². The molecular weight excluding hydrogens is 628 g/mol. The molecular formula is C29H25ClN6O8S. The zero-order valence-corrected chi connectivity index (χ0v) is 25.2. The number of ether oxygens (including phenoxy) is 1. The number of carbonyl (C=O) groups excluding carboxylic acids is 2. The molecule has 14 nitrogen and oxygen atoms in total. The van der Waals surface area contributed by atoms with E-state index in [2.05, 4.69) is 31.4 Å². The Morgan fingerprint density at radius 3 is 2.36 bits per heavy atom. The maximum absolute atomic E-state index is 12.8. The molecule has 0 heterocycles. The monoisotopic (exact) mass is 652 g/mol. The summed E-state index contributed by atoms with van der Waals surface area (Å²) in [6, 6.07) is 12.9. The van der Waals surface area contributed by atoms with Crippen LogP contribution in [-0.2, 0) is 19.7 Å². The third kappa shape index (κ3) is 8.60. The first-order valence-electron chi connectivity index (χ1n) is 13.0. The Balaban J connectivity index is 1.43. The van der Waals surface area contributed by atoms with Crippen LogP contribution in [-0.4, -0.2) is 48.2 Å². The van der Waals surface area contributed by atoms with Crippen molar-refractivity contribution in [3.8, 4) is 5.75 Å². The maximum Gasteiger partial charge on any atom is 0.339 e. The summed E-state index contributed by atoms with van der Waals surface area (Å²) in [5, 5.41) is 26.6. The smallest absolute Gasteiger partial charge is 0.339 e. The van der Waals surface area contributed by atoms with Crippen molar-refractivity contribution in [3.63, 3.8) is 0 Å². The summed E-state index contributed by atoms with van der Waals surface area (Å²) >= 11 is 5.85. The molecule has 3 aromatic rings. The van der Waals surface area contributed by atoms with Gasteiger partial charge in [0.05, 0.1) is 40.1 Å². The minimum absolute atomic E-state index is 0.131. The van der Waals surface area contributed by atoms with Crippen LogP contribution < -0.4 is 20.8 Å². The number of carbonyl (C=O) groups is 3. The van der Waals surface area contributed by atoms with E-state index in [1.807, 2.05) is 0 Å². The highest BCUT2D eigenvalue weighted by atomic mass is 35.5. The third-order valence-corrected chi connectivity index (χ3v) is 7.30. The lowest BCUT2D eigenvalue weighted by Gasteiger charge is -2.14. The van der Waals surface area contributed by atoms with Gasteiger partial charge in [0, 0.05) is 11.8 Å². The predicted molar refractivity (Wildman–Crippen MR) is 168 cm³/mol. The zero-order valence-electron chi connectivity index (χ0n) is 23.6. The van der Waals surface area contributed by atoms with Gasteiger partial charge in [0.15, 0.2) is 5.78 Å². The van der Waals surface area contributed by atoms with Crippen LogP contribution in [0.15, 0.2) is 98.6 Å². The first-order chi connectivity index (χ1) is 21.3. The predicted octanol–water partition coefficient (Wildman–Crippen LogP) is 6.27. The number of allylic oxidation sites excluding steroid dienone is 3. The lowest BCUT2D eigenvalue weighted by Crippen LogP contribution is -2.20. The molecule has 1 aliphatic rings. The highest BCUT2D eigenvalue weighted by Crippen LogP contribution is 2.35. The van der Waals surface area contributed by atoms with E-state index < -0.39 is 32.8 Å². The number of anilines is 3. The van der Waals surface area contributed by atoms with Crippen molar-refractivity contribution >= 4 is 73.7 Å². The normalized spacial score (nSPS) is 13.9. The zero-order chi connectivity index (χ0) is 32.7. The maximum atomic E-state index is 12.8. The van der Waals surface area contributed by atoms with E-state index in [0.29, 0.717) is 34.1 Å². The van der Waals surface area contributed by atoms with Crippen LogP contribution >= 0.6 is 11.6 Å². The second-order valence-corrected chi connectivity index (χ2v) is 11.0. The molecule has 0 saturated heterocycles. The van der Waals surface area contributed by atoms with Crippen LogP contribution in [0.25, 0.3) is 0 Å². The van der Waals surface area contributed by atoms with Crippen LogP contribution in [0.5, 0.6) is 5.75 Å². The number of aliphatic carboxylic acids is 1. The van der Waals surface area contributed by atoms with E-state index in [4.69, 9.17) is 21.4 Å². The Bertz CT molecular complexity index is 1900. The second-order valence-electron chi connectivity index (χ2n) is 9.22. The topological polar surface area (TPSA) is 208 Å². The molecule has 3 aromatic carbocycles. The average molecular weight is 653 g/mol. The molecule has 0 aromatic heterocycles. The fraction of sp³-hybridized carbons (Fsp3) is 0.103. The van der Waals surface area contributed by atoms with Crippen LogP contribution in [0.4, 0.5) is 33.2 Å². The SMILES string of the molecule is CCOc1cc(N=Nc2ccc(Cl)c(S(=O)(=O)O)c2)c(C)cc1NC(=O)Nc1ccc(N/N=C2\C=CC(=O)C(C(=O)O)=C2)cc1. The molecule has 0 atom stereocenters. The fourth-order valence-electron chi connectivity index (χ4n) is 3.82. The Labute approximate surface area is 261 Å². The van der Waals surface area contributed by atoms with Crippen molar-refractivity contribution in [2.24, 2.45) is 15.3 Å². The number of rotatable bonds is 10. The Hall–Kier alpha value is -5.38. The number of hydrazone groups is 1. The van der Waals surface area contributed by atoms with Crippen molar-refractivity contribution < 1.29 is 37.2 Å². The van der Waals surface area contributed by atoms with E-state index in [-0.39, 0.29) is 28.6 Å². The van der Waals surface area contributed by atoms with E-state index >= 15 is 0 Å². The van der Waals surface area contributed by atoms with Crippen LogP contribution in [0.1, 0.15) is 12.5 Å². The minimum Gasteiger partial charge on any atom is -0.492 e. The molecule has 0 unspecified atom stereocenters. The van der Waals surface area contributed by atoms with Gasteiger partial charge in [-0.1, -0.05) is 11.6 Å². The lowest BCUT2D eigenvalue weighted by molar-refractivity contribution is -0.134. The molecule has 5 N–H and O–H groups in total. The standard InChI is InChI=1S/C29H25ClN6O8S/c1-3-44-26-15-23(36-35-20-8-10-22(30)27(14-20)45(41,42)43)16(2)12-24(26)32-29(40)31-17-4-6-18(7-5-17)33-34-19-9-11-25(37)21(13-19)28(38)39/h4-15,33H,3H2,1-2H3,(H,38,39)(H2,31,32,40)(H,41,42,43)/b34-19+,36-35?. The molecule has 0 saturated carbocycles. The van der Waals surface area contributed by atoms with E-state index in [9.17, 15) is 27.4 Å². The number of hydrogen-bond donors (Lipinski definition) is 5. The van der Waals surface area contributed by atoms with Gasteiger partial charge in [-0.3, -0.25) is 14.8 Å². The first kappa shape index (κ1) is 32.5. The van der Waals surface area contributed by atoms with Gasteiger partial charge in [-0.2, -0.15) is 23.7 Å². The van der Waals surface area contributed by atoms with Gasteiger partial charge in [0.25, 0.3) is 10.1 Å². The van der Waals surface area contributed by atoms with E-state index in [0.717, 1.165) is 18.2 Å². The average Bonchev–Trinajstić information content (AvgIpc) is 2.98. The molecule has 2 amide bonds. The van der Waals surface area contributed by atoms with Crippen molar-refractivity contribution in [3.05, 3.63) is 89.0 Å². The second kappa shape index (κ2) is 13.9. The summed E-state index contributed by atoms with van der Waals surface area (Å²) in [4.78, 5) is 35.0. The Morgan fingerprint density at radius 1 is 0.978 bits per heavy atom. The number of aryl methyl sites for hydroxylation is 1. The number of hydrogen-bond acceptors (Lipinski definition) is 10. The summed E-state index contributed by atoms with van der Waals surface area (Å²) in [7, 11) is -4.55. The van der Waals surface area contributed by atoms with Crippen molar-refractivity contribution in [2.75, 3.05) is 22.7 Å². The van der Waals surface area contributed by atoms with Crippen molar-refractivity contribution in [1.82, 2.24) is 0 Å². The molecule has 45 heavy (non-hydrogen) atoms. The number of amides is 2. The number of halogens is 1. The molecule has 0 aliphatic heterocycles. The van der Waals surface area contributed by atoms with Gasteiger partial charge in [-0.25, -0.2) is 9.59 Å². The lowest BCUT2D eigenvalue weighted by atomic mass is 10.0. The largest absolute Gasteiger partial charge is 0.492 e. The minimum atomic E-state index is -4.55. The first-order valence-corrected chi connectivity index (χ1v) is 14.8. The molecule has 0 fully saturated rings. The molecule has 16 heteroatoms. The number of nitrogens with one attached hydrogen (secondary N) is 3. The Kier molecular flexibility index (Phi) is 10.1. The summed E-state index contributed by atoms with van der Waals surface area (Å²) in [6.07, 6.45) is 3.67. The highest BCUT2D eigenvalue weighted by Gasteiger charge is 2.19. The van der Waals surface area contributed by atoms with Gasteiger partial charge in [0.2, 0.25) is 0 Å². The Morgan fingerprint density at radius 2 is 1.69 bits per heavy atom. The quantitative estimate of drug-likeness (QED) is 0.0548. The molecule has 232 valence electrons. The van der Waals surface area contributed by atoms with Gasteiger partial charge in [-0.05, 0) is 86.2 Å². The fourth-order valence-corrected chi connectivity index (χ4v) is 4.81. The number of carboxylic acids is 1. The van der Waals surface area contributed by atoms with E-state index in [1.165, 1.54) is 18.2 Å². The summed E-state index contributed by atoms with van der Waals surface area (Å²) < 4.78 is 38.1. The third-order valence-electron chi connectivity index (χ3n) is 5.96. The van der Waals surface area contributed by atoms with Crippen molar-refractivity contribution in [1.29, 1.82) is 0 Å². The van der Waals surface area contributed by atoms with Crippen molar-refractivity contribution in [2.45, 2.75) is 18.7 Å². The highest BCUT2D eigenvalue weighted by molar-refractivity contribution is 7.86. The van der Waals surface area contributed by atoms with Gasteiger partial charge >= 0.3 is 12.0 Å². The summed E-state index contributed by atoms with van der Waals surface area (Å²) in [6.45, 7) is 3.78. The number of urea groups is 1. The molecule has 1 aliphatic carbocycles. The molecule has 0 radical (unpaired) electrons. The molecule has 4 rings (SSSR count). The van der Waals surface area contributed by atoms with Crippen LogP contribution in [0, 0.1) is 6.92 Å². The summed E-state index contributed by atoms with van der Waals surface area (Å²) in [5.74, 6) is -1.66. The number of benzene rings is 3. The number of ketones is 1. The van der Waals surface area contributed by atoms with E-state index in [1.54, 1.807) is 50.2 Å². The number of azo groups is 1. The van der Waals surface area contributed by atoms with Gasteiger partial charge in [0.1, 0.15) is 16.2 Å². The number of carboxylic acid groups (broad SMARTS) is 1. The number of nitrogens with zero attached hydrogens (tertiary/aromatic N) is 3. The molecule has 0 bridgehead atoms.